The van der Waals surface area contributed by atoms with E-state index in [1.807, 2.05) is 42.5 Å². The lowest BCUT2D eigenvalue weighted by atomic mass is 10.2. The van der Waals surface area contributed by atoms with Gasteiger partial charge in [-0.3, -0.25) is 4.98 Å². The van der Waals surface area contributed by atoms with E-state index in [9.17, 15) is 0 Å². The quantitative estimate of drug-likeness (QED) is 0.791. The molecule has 5 heteroatoms. The summed E-state index contributed by atoms with van der Waals surface area (Å²) in [5, 5.41) is 12.2. The lowest BCUT2D eigenvalue weighted by Gasteiger charge is -2.02. The van der Waals surface area contributed by atoms with Crippen LogP contribution in [-0.2, 0) is 6.54 Å². The van der Waals surface area contributed by atoms with E-state index in [4.69, 9.17) is 9.68 Å². The maximum absolute atomic E-state index is 9.15. The summed E-state index contributed by atoms with van der Waals surface area (Å²) >= 11 is 0. The number of benzene rings is 1. The summed E-state index contributed by atoms with van der Waals surface area (Å²) in [6.45, 7) is 0.567. The van der Waals surface area contributed by atoms with Gasteiger partial charge < -0.3 is 9.73 Å². The van der Waals surface area contributed by atoms with Crippen LogP contribution in [0.4, 0.5) is 5.88 Å². The monoisotopic (exact) mass is 276 g/mol. The van der Waals surface area contributed by atoms with Gasteiger partial charge in [0.25, 0.3) is 0 Å². The highest BCUT2D eigenvalue weighted by atomic mass is 16.4. The number of oxazole rings is 1. The van der Waals surface area contributed by atoms with Crippen molar-refractivity contribution in [1.82, 2.24) is 9.97 Å². The van der Waals surface area contributed by atoms with Gasteiger partial charge in [0.1, 0.15) is 6.07 Å². The first kappa shape index (κ1) is 12.9. The minimum Gasteiger partial charge on any atom is -0.419 e. The molecule has 0 spiro atoms. The third kappa shape index (κ3) is 2.90. The van der Waals surface area contributed by atoms with Gasteiger partial charge in [-0.1, -0.05) is 30.3 Å². The molecule has 3 aromatic rings. The highest BCUT2D eigenvalue weighted by Gasteiger charge is 2.14. The van der Waals surface area contributed by atoms with Gasteiger partial charge in [-0.25, -0.2) is 0 Å². The largest absolute Gasteiger partial charge is 0.419 e. The summed E-state index contributed by atoms with van der Waals surface area (Å²) in [5.41, 5.74) is 2.08. The van der Waals surface area contributed by atoms with Crippen molar-refractivity contribution in [2.45, 2.75) is 6.54 Å². The molecule has 0 aliphatic rings. The zero-order valence-electron chi connectivity index (χ0n) is 11.2. The first-order valence-corrected chi connectivity index (χ1v) is 6.46. The molecule has 2 heterocycles. The van der Waals surface area contributed by atoms with Crippen molar-refractivity contribution >= 4 is 5.88 Å². The molecule has 0 fully saturated rings. The van der Waals surface area contributed by atoms with Gasteiger partial charge in [-0.05, 0) is 17.7 Å². The van der Waals surface area contributed by atoms with E-state index in [0.29, 0.717) is 18.3 Å². The number of nitrogens with one attached hydrogen (secondary N) is 1. The predicted molar refractivity (Wildman–Crippen MR) is 78.2 cm³/mol. The Labute approximate surface area is 121 Å². The third-order valence-electron chi connectivity index (χ3n) is 2.94. The Kier molecular flexibility index (Phi) is 3.61. The van der Waals surface area contributed by atoms with E-state index < -0.39 is 0 Å². The number of pyridine rings is 1. The molecule has 21 heavy (non-hydrogen) atoms. The Morgan fingerprint density at radius 3 is 2.71 bits per heavy atom. The molecule has 0 saturated carbocycles. The maximum atomic E-state index is 9.15. The van der Waals surface area contributed by atoms with E-state index in [0.717, 1.165) is 11.1 Å². The molecule has 0 bridgehead atoms. The molecule has 0 aliphatic carbocycles. The SMILES string of the molecule is N#Cc1nc(-c2cccnc2)oc1NCc1ccccc1. The lowest BCUT2D eigenvalue weighted by molar-refractivity contribution is 0.584. The molecule has 0 aliphatic heterocycles. The molecule has 2 aromatic heterocycles. The van der Waals surface area contributed by atoms with Crippen LogP contribution >= 0.6 is 0 Å². The van der Waals surface area contributed by atoms with Crippen LogP contribution in [-0.4, -0.2) is 9.97 Å². The summed E-state index contributed by atoms with van der Waals surface area (Å²) in [5.74, 6) is 0.760. The second-order valence-corrected chi connectivity index (χ2v) is 4.39. The van der Waals surface area contributed by atoms with Crippen LogP contribution in [0.3, 0.4) is 0 Å². The van der Waals surface area contributed by atoms with Crippen LogP contribution in [0.15, 0.2) is 59.3 Å². The second kappa shape index (κ2) is 5.88. The average molecular weight is 276 g/mol. The van der Waals surface area contributed by atoms with Gasteiger partial charge >= 0.3 is 0 Å². The topological polar surface area (TPSA) is 74.7 Å². The van der Waals surface area contributed by atoms with Crippen molar-refractivity contribution in [3.8, 4) is 17.5 Å². The first-order valence-electron chi connectivity index (χ1n) is 6.46. The van der Waals surface area contributed by atoms with Crippen LogP contribution in [0.5, 0.6) is 0 Å². The minimum atomic E-state index is 0.241. The Morgan fingerprint density at radius 2 is 2.00 bits per heavy atom. The number of nitrogens with zero attached hydrogens (tertiary/aromatic N) is 3. The summed E-state index contributed by atoms with van der Waals surface area (Å²) < 4.78 is 5.63. The molecule has 0 unspecified atom stereocenters. The number of hydrogen-bond acceptors (Lipinski definition) is 5. The lowest BCUT2D eigenvalue weighted by Crippen LogP contribution is -1.99. The summed E-state index contributed by atoms with van der Waals surface area (Å²) in [6.07, 6.45) is 3.32. The molecular formula is C16H12N4O. The average Bonchev–Trinajstić information content (AvgIpc) is 2.98. The van der Waals surface area contributed by atoms with Crippen LogP contribution < -0.4 is 5.32 Å². The fourth-order valence-electron chi connectivity index (χ4n) is 1.91. The van der Waals surface area contributed by atoms with Crippen molar-refractivity contribution in [1.29, 1.82) is 5.26 Å². The smallest absolute Gasteiger partial charge is 0.232 e. The molecule has 0 radical (unpaired) electrons. The zero-order chi connectivity index (χ0) is 14.5. The molecule has 1 N–H and O–H groups in total. The van der Waals surface area contributed by atoms with Crippen LogP contribution in [0.2, 0.25) is 0 Å². The fraction of sp³-hybridized carbons (Fsp3) is 0.0625. The molecule has 5 nitrogen and oxygen atoms in total. The van der Waals surface area contributed by atoms with Crippen LogP contribution in [0.1, 0.15) is 11.3 Å². The standard InChI is InChI=1S/C16H12N4O/c17-9-14-16(19-10-12-5-2-1-3-6-12)21-15(20-14)13-7-4-8-18-11-13/h1-8,11,19H,10H2. The number of hydrogen-bond donors (Lipinski definition) is 1. The van der Waals surface area contributed by atoms with Gasteiger partial charge in [0.15, 0.2) is 0 Å². The van der Waals surface area contributed by atoms with Gasteiger partial charge in [-0.2, -0.15) is 10.2 Å². The molecule has 1 aromatic carbocycles. The highest BCUT2D eigenvalue weighted by Crippen LogP contribution is 2.24. The van der Waals surface area contributed by atoms with Crippen molar-refractivity contribution in [2.75, 3.05) is 5.32 Å². The number of anilines is 1. The summed E-state index contributed by atoms with van der Waals surface area (Å²) in [4.78, 5) is 8.20. The van der Waals surface area contributed by atoms with E-state index in [1.165, 1.54) is 0 Å². The van der Waals surface area contributed by atoms with E-state index in [1.54, 1.807) is 18.5 Å². The number of aromatic nitrogens is 2. The molecule has 3 rings (SSSR count). The van der Waals surface area contributed by atoms with E-state index >= 15 is 0 Å². The van der Waals surface area contributed by atoms with E-state index in [2.05, 4.69) is 15.3 Å². The first-order chi connectivity index (χ1) is 10.4. The van der Waals surface area contributed by atoms with Gasteiger partial charge in [0, 0.05) is 18.9 Å². The fourth-order valence-corrected chi connectivity index (χ4v) is 1.91. The Morgan fingerprint density at radius 1 is 1.14 bits per heavy atom. The maximum Gasteiger partial charge on any atom is 0.232 e. The van der Waals surface area contributed by atoms with Crippen LogP contribution in [0, 0.1) is 11.3 Å². The summed E-state index contributed by atoms with van der Waals surface area (Å²) in [7, 11) is 0. The van der Waals surface area contributed by atoms with Gasteiger partial charge in [-0.15, -0.1) is 0 Å². The molecule has 0 saturated heterocycles. The Balaban J connectivity index is 1.82. The molecule has 0 atom stereocenters. The molecule has 0 amide bonds. The van der Waals surface area contributed by atoms with Gasteiger partial charge in [0.05, 0.1) is 5.56 Å². The van der Waals surface area contributed by atoms with Crippen molar-refractivity contribution in [3.63, 3.8) is 0 Å². The predicted octanol–water partition coefficient (Wildman–Crippen LogP) is 3.22. The van der Waals surface area contributed by atoms with Crippen molar-refractivity contribution < 1.29 is 4.42 Å². The number of rotatable bonds is 4. The van der Waals surface area contributed by atoms with E-state index in [-0.39, 0.29) is 5.69 Å². The zero-order valence-corrected chi connectivity index (χ0v) is 11.2. The minimum absolute atomic E-state index is 0.241. The highest BCUT2D eigenvalue weighted by molar-refractivity contribution is 5.57. The van der Waals surface area contributed by atoms with Crippen LogP contribution in [0.25, 0.3) is 11.5 Å². The Bertz CT molecular complexity index is 760. The third-order valence-corrected chi connectivity index (χ3v) is 2.94. The number of nitriles is 1. The second-order valence-electron chi connectivity index (χ2n) is 4.39. The van der Waals surface area contributed by atoms with Crippen molar-refractivity contribution in [3.05, 3.63) is 66.1 Å². The van der Waals surface area contributed by atoms with Crippen molar-refractivity contribution in [2.24, 2.45) is 0 Å². The summed E-state index contributed by atoms with van der Waals surface area (Å²) in [6, 6.07) is 15.5. The molecule has 102 valence electrons. The van der Waals surface area contributed by atoms with Gasteiger partial charge in [0.2, 0.25) is 17.5 Å². The normalized spacial score (nSPS) is 10.0. The Hall–Kier alpha value is -3.13. The molecular weight excluding hydrogens is 264 g/mol.